The van der Waals surface area contributed by atoms with Gasteiger partial charge in [0.15, 0.2) is 0 Å². The number of carbonyl (C=O) groups is 2. The molecule has 1 saturated heterocycles. The van der Waals surface area contributed by atoms with Crippen LogP contribution in [0.1, 0.15) is 19.4 Å². The van der Waals surface area contributed by atoms with E-state index in [9.17, 15) is 9.59 Å². The van der Waals surface area contributed by atoms with Crippen molar-refractivity contribution >= 4 is 52.0 Å². The molecule has 6 nitrogen and oxygen atoms in total. The predicted molar refractivity (Wildman–Crippen MR) is 124 cm³/mol. The zero-order valence-electron chi connectivity index (χ0n) is 17.1. The van der Waals surface area contributed by atoms with E-state index in [1.807, 2.05) is 24.3 Å². The Kier molecular flexibility index (Phi) is 7.29. The Morgan fingerprint density at radius 3 is 2.47 bits per heavy atom. The fraction of sp³-hybridized carbons (Fsp3) is 0.273. The monoisotopic (exact) mass is 445 g/mol. The Morgan fingerprint density at radius 1 is 1.13 bits per heavy atom. The molecule has 1 aliphatic heterocycles. The lowest BCUT2D eigenvalue weighted by molar-refractivity contribution is -0.122. The van der Waals surface area contributed by atoms with Crippen molar-refractivity contribution < 1.29 is 14.3 Å². The van der Waals surface area contributed by atoms with Crippen LogP contribution in [0.2, 0.25) is 5.02 Å². The summed E-state index contributed by atoms with van der Waals surface area (Å²) in [6.07, 6.45) is 1.75. The molecule has 0 aromatic heterocycles. The van der Waals surface area contributed by atoms with Crippen LogP contribution in [0.15, 0.2) is 47.4 Å². The molecule has 0 aliphatic carbocycles. The van der Waals surface area contributed by atoms with Gasteiger partial charge >= 0.3 is 0 Å². The molecule has 158 valence electrons. The summed E-state index contributed by atoms with van der Waals surface area (Å²) in [4.78, 5) is 28.9. The fourth-order valence-electron chi connectivity index (χ4n) is 3.14. The van der Waals surface area contributed by atoms with E-state index in [-0.39, 0.29) is 17.8 Å². The van der Waals surface area contributed by atoms with Crippen LogP contribution in [0.5, 0.6) is 5.75 Å². The molecule has 1 N–H and O–H groups in total. The molecule has 8 heteroatoms. The largest absolute Gasteiger partial charge is 0.495 e. The van der Waals surface area contributed by atoms with Crippen LogP contribution < -0.4 is 15.0 Å². The number of anilines is 2. The van der Waals surface area contributed by atoms with Gasteiger partial charge < -0.3 is 15.0 Å². The summed E-state index contributed by atoms with van der Waals surface area (Å²) < 4.78 is 5.28. The standard InChI is InChI=1S/C22H24ClN3O3S/c1-4-25(5-2)17-9-6-15(7-10-17)12-20-21(27)26(22(28)30-20)14-24-18-13-16(23)8-11-19(18)29-3/h6-13,24H,4-5,14H2,1-3H3/b20-12+. The number of hydrogen-bond acceptors (Lipinski definition) is 6. The smallest absolute Gasteiger partial charge is 0.295 e. The van der Waals surface area contributed by atoms with Gasteiger partial charge in [0.25, 0.3) is 11.1 Å². The molecule has 0 bridgehead atoms. The van der Waals surface area contributed by atoms with Crippen molar-refractivity contribution in [2.45, 2.75) is 13.8 Å². The molecule has 2 amide bonds. The van der Waals surface area contributed by atoms with Crippen LogP contribution in [-0.4, -0.2) is 42.9 Å². The molecule has 1 aliphatic rings. The number of carbonyl (C=O) groups excluding carboxylic acids is 2. The van der Waals surface area contributed by atoms with Gasteiger partial charge in [-0.15, -0.1) is 0 Å². The van der Waals surface area contributed by atoms with E-state index >= 15 is 0 Å². The predicted octanol–water partition coefficient (Wildman–Crippen LogP) is 5.30. The summed E-state index contributed by atoms with van der Waals surface area (Å²) in [5.41, 5.74) is 2.62. The Morgan fingerprint density at radius 2 is 1.83 bits per heavy atom. The Hall–Kier alpha value is -2.64. The zero-order valence-corrected chi connectivity index (χ0v) is 18.7. The van der Waals surface area contributed by atoms with Crippen molar-refractivity contribution in [2.24, 2.45) is 0 Å². The lowest BCUT2D eigenvalue weighted by Gasteiger charge is -2.20. The molecule has 30 heavy (non-hydrogen) atoms. The van der Waals surface area contributed by atoms with Gasteiger partial charge in [-0.25, -0.2) is 0 Å². The summed E-state index contributed by atoms with van der Waals surface area (Å²) >= 11 is 6.97. The number of rotatable bonds is 8. The first-order chi connectivity index (χ1) is 14.5. The highest BCUT2D eigenvalue weighted by molar-refractivity contribution is 8.18. The third kappa shape index (κ3) is 4.91. The van der Waals surface area contributed by atoms with Crippen molar-refractivity contribution in [3.63, 3.8) is 0 Å². The number of amides is 2. The van der Waals surface area contributed by atoms with Gasteiger partial charge in [0.1, 0.15) is 5.75 Å². The molecular weight excluding hydrogens is 422 g/mol. The molecule has 2 aromatic carbocycles. The van der Waals surface area contributed by atoms with Gasteiger partial charge in [-0.05, 0) is 67.6 Å². The molecule has 0 spiro atoms. The van der Waals surface area contributed by atoms with E-state index in [1.165, 1.54) is 4.90 Å². The molecular formula is C22H24ClN3O3S. The second kappa shape index (κ2) is 9.91. The van der Waals surface area contributed by atoms with Gasteiger partial charge in [-0.3, -0.25) is 14.5 Å². The summed E-state index contributed by atoms with van der Waals surface area (Å²) in [5, 5.41) is 3.26. The van der Waals surface area contributed by atoms with Crippen LogP contribution >= 0.6 is 23.4 Å². The molecule has 1 heterocycles. The summed E-state index contributed by atoms with van der Waals surface area (Å²) in [5.74, 6) is 0.251. The summed E-state index contributed by atoms with van der Waals surface area (Å²) in [6.45, 7) is 6.11. The maximum absolute atomic E-state index is 12.7. The van der Waals surface area contributed by atoms with Gasteiger partial charge in [0.2, 0.25) is 0 Å². The minimum Gasteiger partial charge on any atom is -0.495 e. The number of halogens is 1. The van der Waals surface area contributed by atoms with E-state index in [0.717, 1.165) is 36.1 Å². The van der Waals surface area contributed by atoms with Crippen molar-refractivity contribution in [1.82, 2.24) is 4.90 Å². The number of methoxy groups -OCH3 is 1. The van der Waals surface area contributed by atoms with Gasteiger partial charge in [-0.2, -0.15) is 0 Å². The molecule has 0 saturated carbocycles. The highest BCUT2D eigenvalue weighted by atomic mass is 35.5. The van der Waals surface area contributed by atoms with Crippen LogP contribution in [0.3, 0.4) is 0 Å². The van der Waals surface area contributed by atoms with Gasteiger partial charge in [0, 0.05) is 23.8 Å². The SMILES string of the molecule is CCN(CC)c1ccc(/C=C2/SC(=O)N(CNc3cc(Cl)ccc3OC)C2=O)cc1. The second-order valence-electron chi connectivity index (χ2n) is 6.55. The topological polar surface area (TPSA) is 61.9 Å². The number of nitrogens with one attached hydrogen (secondary N) is 1. The number of ether oxygens (including phenoxy) is 1. The van der Waals surface area contributed by atoms with Crippen molar-refractivity contribution in [3.05, 3.63) is 58.0 Å². The average Bonchev–Trinajstić information content (AvgIpc) is 3.01. The van der Waals surface area contributed by atoms with Gasteiger partial charge in [0.05, 0.1) is 24.4 Å². The summed E-state index contributed by atoms with van der Waals surface area (Å²) in [6, 6.07) is 13.1. The number of nitrogens with zero attached hydrogens (tertiary/aromatic N) is 2. The third-order valence-corrected chi connectivity index (χ3v) is 5.92. The number of benzene rings is 2. The van der Waals surface area contributed by atoms with Crippen molar-refractivity contribution in [1.29, 1.82) is 0 Å². The third-order valence-electron chi connectivity index (χ3n) is 4.78. The maximum Gasteiger partial charge on any atom is 0.295 e. The van der Waals surface area contributed by atoms with E-state index in [4.69, 9.17) is 16.3 Å². The van der Waals surface area contributed by atoms with E-state index in [0.29, 0.717) is 21.4 Å². The van der Waals surface area contributed by atoms with Crippen LogP contribution in [-0.2, 0) is 4.79 Å². The number of thioether (sulfide) groups is 1. The van der Waals surface area contributed by atoms with Crippen LogP contribution in [0, 0.1) is 0 Å². The van der Waals surface area contributed by atoms with E-state index in [2.05, 4.69) is 24.1 Å². The lowest BCUT2D eigenvalue weighted by atomic mass is 10.1. The molecule has 0 unspecified atom stereocenters. The van der Waals surface area contributed by atoms with Crippen LogP contribution in [0.25, 0.3) is 6.08 Å². The Bertz CT molecular complexity index is 959. The van der Waals surface area contributed by atoms with Gasteiger partial charge in [-0.1, -0.05) is 23.7 Å². The first kappa shape index (κ1) is 22.1. The molecule has 2 aromatic rings. The maximum atomic E-state index is 12.7. The quantitative estimate of drug-likeness (QED) is 0.556. The Labute approximate surface area is 185 Å². The molecule has 0 radical (unpaired) electrons. The summed E-state index contributed by atoms with van der Waals surface area (Å²) in [7, 11) is 1.54. The Balaban J connectivity index is 1.71. The second-order valence-corrected chi connectivity index (χ2v) is 7.98. The van der Waals surface area contributed by atoms with E-state index in [1.54, 1.807) is 31.4 Å². The molecule has 1 fully saturated rings. The van der Waals surface area contributed by atoms with Crippen molar-refractivity contribution in [3.8, 4) is 5.75 Å². The zero-order chi connectivity index (χ0) is 21.7. The minimum atomic E-state index is -0.327. The highest BCUT2D eigenvalue weighted by Gasteiger charge is 2.34. The molecule has 0 atom stereocenters. The lowest BCUT2D eigenvalue weighted by Crippen LogP contribution is -2.33. The molecule has 3 rings (SSSR count). The number of imide groups is 1. The van der Waals surface area contributed by atoms with Crippen LogP contribution in [0.4, 0.5) is 16.2 Å². The average molecular weight is 446 g/mol. The first-order valence-corrected chi connectivity index (χ1v) is 10.8. The number of hydrogen-bond donors (Lipinski definition) is 1. The highest BCUT2D eigenvalue weighted by Crippen LogP contribution is 2.33. The van der Waals surface area contributed by atoms with E-state index < -0.39 is 0 Å². The first-order valence-electron chi connectivity index (χ1n) is 9.64. The minimum absolute atomic E-state index is 0.0274. The van der Waals surface area contributed by atoms with Crippen molar-refractivity contribution in [2.75, 3.05) is 37.1 Å². The normalized spacial score (nSPS) is 15.1. The fourth-order valence-corrected chi connectivity index (χ4v) is 4.15.